The standard InChI is InChI=1S/C20H35F3O2Si2/c1-18(2,3)16-11-14(20(21,22)23)12-17(25-26(7)8)15(16)13-24-27(9,10)19(4,5)6/h11-12,26H,13H2,1-10H3. The molecule has 0 aliphatic carbocycles. The van der Waals surface area contributed by atoms with Gasteiger partial charge < -0.3 is 8.85 Å². The predicted octanol–water partition coefficient (Wildman–Crippen LogP) is 6.89. The van der Waals surface area contributed by atoms with Gasteiger partial charge in [-0.25, -0.2) is 0 Å². The molecule has 1 aromatic carbocycles. The molecule has 0 fully saturated rings. The molecule has 0 unspecified atom stereocenters. The van der Waals surface area contributed by atoms with Crippen LogP contribution in [0.25, 0.3) is 0 Å². The van der Waals surface area contributed by atoms with Gasteiger partial charge in [-0.3, -0.25) is 0 Å². The molecule has 156 valence electrons. The molecule has 2 nitrogen and oxygen atoms in total. The van der Waals surface area contributed by atoms with E-state index in [0.29, 0.717) is 11.3 Å². The van der Waals surface area contributed by atoms with Crippen molar-refractivity contribution in [1.29, 1.82) is 0 Å². The third-order valence-corrected chi connectivity index (χ3v) is 10.3. The smallest absolute Gasteiger partial charge is 0.416 e. The van der Waals surface area contributed by atoms with Crippen molar-refractivity contribution < 1.29 is 22.0 Å². The highest BCUT2D eigenvalue weighted by Crippen LogP contribution is 2.42. The minimum Gasteiger partial charge on any atom is -0.547 e. The number of halogens is 3. The maximum Gasteiger partial charge on any atom is 0.416 e. The molecule has 0 N–H and O–H groups in total. The lowest BCUT2D eigenvalue weighted by Gasteiger charge is -2.37. The van der Waals surface area contributed by atoms with Crippen LogP contribution >= 0.6 is 0 Å². The lowest BCUT2D eigenvalue weighted by molar-refractivity contribution is -0.137. The van der Waals surface area contributed by atoms with Gasteiger partial charge in [0.25, 0.3) is 0 Å². The van der Waals surface area contributed by atoms with Gasteiger partial charge >= 0.3 is 6.18 Å². The minimum atomic E-state index is -4.41. The van der Waals surface area contributed by atoms with E-state index in [9.17, 15) is 13.2 Å². The van der Waals surface area contributed by atoms with Crippen LogP contribution in [0.3, 0.4) is 0 Å². The molecule has 0 saturated heterocycles. The Labute approximate surface area is 165 Å². The molecule has 1 rings (SSSR count). The molecule has 0 aromatic heterocycles. The molecule has 0 atom stereocenters. The van der Waals surface area contributed by atoms with Gasteiger partial charge in [-0.1, -0.05) is 41.5 Å². The fourth-order valence-electron chi connectivity index (χ4n) is 2.46. The highest BCUT2D eigenvalue weighted by Gasteiger charge is 2.39. The van der Waals surface area contributed by atoms with Gasteiger partial charge in [0.05, 0.1) is 12.2 Å². The fourth-order valence-corrected chi connectivity index (χ4v) is 4.11. The van der Waals surface area contributed by atoms with Crippen molar-refractivity contribution in [2.24, 2.45) is 0 Å². The number of hydrogen-bond donors (Lipinski definition) is 0. The van der Waals surface area contributed by atoms with Crippen molar-refractivity contribution in [3.05, 3.63) is 28.8 Å². The van der Waals surface area contributed by atoms with E-state index in [1.54, 1.807) is 0 Å². The van der Waals surface area contributed by atoms with Crippen LogP contribution < -0.4 is 4.43 Å². The van der Waals surface area contributed by atoms with E-state index >= 15 is 0 Å². The Bertz CT molecular complexity index is 655. The Morgan fingerprint density at radius 2 is 1.48 bits per heavy atom. The molecule has 0 aliphatic rings. The van der Waals surface area contributed by atoms with Crippen molar-refractivity contribution in [3.8, 4) is 5.75 Å². The molecule has 0 radical (unpaired) electrons. The second-order valence-corrected chi connectivity index (χ2v) is 17.1. The summed E-state index contributed by atoms with van der Waals surface area (Å²) in [5.74, 6) is 0.329. The monoisotopic (exact) mass is 420 g/mol. The van der Waals surface area contributed by atoms with Crippen LogP contribution in [0.2, 0.25) is 31.2 Å². The molecule has 7 heteroatoms. The summed E-state index contributed by atoms with van der Waals surface area (Å²) in [6, 6.07) is 2.41. The van der Waals surface area contributed by atoms with Crippen molar-refractivity contribution in [1.82, 2.24) is 0 Å². The third kappa shape index (κ3) is 6.36. The van der Waals surface area contributed by atoms with Crippen molar-refractivity contribution >= 4 is 17.4 Å². The quantitative estimate of drug-likeness (QED) is 0.483. The van der Waals surface area contributed by atoms with E-state index in [1.165, 1.54) is 6.07 Å². The number of alkyl halides is 3. The molecule has 1 aromatic rings. The Morgan fingerprint density at radius 1 is 0.963 bits per heavy atom. The molecule has 0 bridgehead atoms. The topological polar surface area (TPSA) is 18.5 Å². The SMILES string of the molecule is C[SiH](C)Oc1cc(C(F)(F)F)cc(C(C)(C)C)c1CO[Si](C)(C)C(C)(C)C. The second-order valence-electron chi connectivity index (χ2n) is 9.96. The zero-order valence-corrected chi connectivity index (χ0v) is 20.5. The van der Waals surface area contributed by atoms with Crippen LogP contribution in [0.1, 0.15) is 58.2 Å². The zero-order valence-electron chi connectivity index (χ0n) is 18.4. The normalized spacial score (nSPS) is 14.0. The van der Waals surface area contributed by atoms with Crippen LogP contribution in [0.5, 0.6) is 5.75 Å². The van der Waals surface area contributed by atoms with Crippen LogP contribution in [-0.4, -0.2) is 17.4 Å². The first-order valence-electron chi connectivity index (χ1n) is 9.41. The Kier molecular flexibility index (Phi) is 7.10. The van der Waals surface area contributed by atoms with E-state index in [1.807, 2.05) is 33.9 Å². The summed E-state index contributed by atoms with van der Waals surface area (Å²) in [4.78, 5) is 0. The largest absolute Gasteiger partial charge is 0.547 e. The van der Waals surface area contributed by atoms with Gasteiger partial charge in [0.1, 0.15) is 5.75 Å². The van der Waals surface area contributed by atoms with Crippen LogP contribution in [0.4, 0.5) is 13.2 Å². The lowest BCUT2D eigenvalue weighted by Crippen LogP contribution is -2.40. The van der Waals surface area contributed by atoms with Crippen LogP contribution in [0.15, 0.2) is 12.1 Å². The Hall–Kier alpha value is -0.796. The van der Waals surface area contributed by atoms with Gasteiger partial charge in [-0.05, 0) is 54.3 Å². The maximum atomic E-state index is 13.5. The van der Waals surface area contributed by atoms with Gasteiger partial charge in [0.2, 0.25) is 9.04 Å². The highest BCUT2D eigenvalue weighted by molar-refractivity contribution is 6.74. The summed E-state index contributed by atoms with van der Waals surface area (Å²) in [6.07, 6.45) is -4.41. The molecule has 0 aliphatic heterocycles. The van der Waals surface area contributed by atoms with Gasteiger partial charge in [-0.2, -0.15) is 13.2 Å². The van der Waals surface area contributed by atoms with Crippen molar-refractivity contribution in [2.75, 3.05) is 0 Å². The van der Waals surface area contributed by atoms with Gasteiger partial charge in [0.15, 0.2) is 8.32 Å². The van der Waals surface area contributed by atoms with Crippen LogP contribution in [0, 0.1) is 0 Å². The number of rotatable bonds is 5. The summed E-state index contributed by atoms with van der Waals surface area (Å²) in [5.41, 5.74) is 0.277. The number of benzene rings is 1. The summed E-state index contributed by atoms with van der Waals surface area (Å²) in [5, 5.41) is 0.0224. The first kappa shape index (κ1) is 24.2. The summed E-state index contributed by atoms with van der Waals surface area (Å²) >= 11 is 0. The summed E-state index contributed by atoms with van der Waals surface area (Å²) in [6.45, 7) is 20.7. The van der Waals surface area contributed by atoms with Crippen molar-refractivity contribution in [3.63, 3.8) is 0 Å². The van der Waals surface area contributed by atoms with Gasteiger partial charge in [-0.15, -0.1) is 0 Å². The second kappa shape index (κ2) is 7.91. The van der Waals surface area contributed by atoms with E-state index in [-0.39, 0.29) is 11.6 Å². The van der Waals surface area contributed by atoms with Gasteiger partial charge in [0, 0.05) is 5.56 Å². The summed E-state index contributed by atoms with van der Waals surface area (Å²) in [7, 11) is -3.64. The zero-order chi connectivity index (χ0) is 21.4. The fraction of sp³-hybridized carbons (Fsp3) is 0.700. The Morgan fingerprint density at radius 3 is 1.85 bits per heavy atom. The average Bonchev–Trinajstić information content (AvgIpc) is 2.41. The predicted molar refractivity (Wildman–Crippen MR) is 112 cm³/mol. The maximum absolute atomic E-state index is 13.5. The minimum absolute atomic E-state index is 0.0224. The van der Waals surface area contributed by atoms with Crippen LogP contribution in [-0.2, 0) is 22.6 Å². The third-order valence-electron chi connectivity index (χ3n) is 5.09. The lowest BCUT2D eigenvalue weighted by atomic mass is 9.82. The molecule has 27 heavy (non-hydrogen) atoms. The molecule has 0 saturated carbocycles. The average molecular weight is 421 g/mol. The van der Waals surface area contributed by atoms with E-state index in [2.05, 4.69) is 33.9 Å². The highest BCUT2D eigenvalue weighted by atomic mass is 28.4. The molecule has 0 spiro atoms. The number of hydrogen-bond acceptors (Lipinski definition) is 2. The molecular weight excluding hydrogens is 385 g/mol. The Balaban J connectivity index is 3.54. The molecule has 0 amide bonds. The van der Waals surface area contributed by atoms with Crippen molar-refractivity contribution in [2.45, 2.75) is 91.0 Å². The summed E-state index contributed by atoms with van der Waals surface area (Å²) < 4.78 is 52.7. The van der Waals surface area contributed by atoms with E-state index in [0.717, 1.165) is 11.6 Å². The molecule has 0 heterocycles. The van der Waals surface area contributed by atoms with E-state index in [4.69, 9.17) is 8.85 Å². The first-order chi connectivity index (χ1) is 11.9. The molecular formula is C20H35F3O2Si2. The van der Waals surface area contributed by atoms with E-state index < -0.39 is 34.5 Å². The first-order valence-corrected chi connectivity index (χ1v) is 15.1.